The van der Waals surface area contributed by atoms with Crippen molar-refractivity contribution in [3.63, 3.8) is 0 Å². The zero-order valence-corrected chi connectivity index (χ0v) is 17.7. The quantitative estimate of drug-likeness (QED) is 0.333. The van der Waals surface area contributed by atoms with Gasteiger partial charge in [0.1, 0.15) is 0 Å². The van der Waals surface area contributed by atoms with Crippen LogP contribution in [0.3, 0.4) is 0 Å². The number of carbonyl (C=O) groups excluding carboxylic acids is 1. The Kier molecular flexibility index (Phi) is 8.09. The summed E-state index contributed by atoms with van der Waals surface area (Å²) < 4.78 is 5.04. The number of esters is 1. The van der Waals surface area contributed by atoms with Crippen LogP contribution in [0.1, 0.15) is 23.6 Å². The molecule has 3 rings (SSSR count). The minimum atomic E-state index is -0.935. The Morgan fingerprint density at radius 3 is 1.26 bits per heavy atom. The van der Waals surface area contributed by atoms with E-state index in [-0.39, 0.29) is 5.57 Å². The van der Waals surface area contributed by atoms with Crippen molar-refractivity contribution in [1.82, 2.24) is 0 Å². The second kappa shape index (κ2) is 10.7. The maximum absolute atomic E-state index is 12.6. The van der Waals surface area contributed by atoms with E-state index in [0.29, 0.717) is 5.57 Å². The van der Waals surface area contributed by atoms with Crippen LogP contribution in [0.15, 0.2) is 115 Å². The fourth-order valence-corrected chi connectivity index (χ4v) is 3.36. The van der Waals surface area contributed by atoms with Crippen LogP contribution in [0.5, 0.6) is 0 Å². The molecule has 0 spiro atoms. The third-order valence-corrected chi connectivity index (χ3v) is 4.87. The van der Waals surface area contributed by atoms with Gasteiger partial charge in [-0.3, -0.25) is 0 Å². The molecule has 0 fully saturated rings. The van der Waals surface area contributed by atoms with Crippen molar-refractivity contribution in [1.29, 1.82) is 0 Å². The van der Waals surface area contributed by atoms with E-state index in [2.05, 4.69) is 13.2 Å². The third-order valence-electron chi connectivity index (χ3n) is 4.87. The maximum atomic E-state index is 12.6. The Morgan fingerprint density at radius 2 is 1.03 bits per heavy atom. The Hall–Kier alpha value is -3.92. The van der Waals surface area contributed by atoms with E-state index in [9.17, 15) is 9.59 Å². The number of ether oxygens (including phenoxy) is 1. The number of aliphatic carboxylic acids is 1. The maximum Gasteiger partial charge on any atom is 0.334 e. The summed E-state index contributed by atoms with van der Waals surface area (Å²) >= 11 is 0. The van der Waals surface area contributed by atoms with Gasteiger partial charge in [0.05, 0.1) is 12.5 Å². The third kappa shape index (κ3) is 5.17. The number of carboxylic acid groups (broad SMARTS) is 1. The largest absolute Gasteiger partial charge is 0.478 e. The fraction of sp³-hybridized carbons (Fsp3) is 0.111. The second-order valence-corrected chi connectivity index (χ2v) is 6.90. The summed E-state index contributed by atoms with van der Waals surface area (Å²) in [4.78, 5) is 22.2. The molecule has 0 aliphatic heterocycles. The van der Waals surface area contributed by atoms with E-state index in [1.54, 1.807) is 0 Å². The topological polar surface area (TPSA) is 63.6 Å². The van der Waals surface area contributed by atoms with E-state index in [4.69, 9.17) is 9.84 Å². The summed E-state index contributed by atoms with van der Waals surface area (Å²) in [5, 5.41) is 7.89. The molecule has 0 aliphatic carbocycles. The molecule has 0 heterocycles. The first-order chi connectivity index (χ1) is 14.9. The van der Waals surface area contributed by atoms with Crippen molar-refractivity contribution >= 4 is 11.9 Å². The van der Waals surface area contributed by atoms with Crippen LogP contribution in [0.25, 0.3) is 0 Å². The lowest BCUT2D eigenvalue weighted by atomic mass is 9.65. The summed E-state index contributed by atoms with van der Waals surface area (Å²) in [5.74, 6) is -1.36. The lowest BCUT2D eigenvalue weighted by Crippen LogP contribution is -2.35. The number of hydrogen-bond donors (Lipinski definition) is 1. The van der Waals surface area contributed by atoms with Crippen LogP contribution in [0.4, 0.5) is 0 Å². The van der Waals surface area contributed by atoms with Crippen molar-refractivity contribution in [3.05, 3.63) is 132 Å². The van der Waals surface area contributed by atoms with Crippen LogP contribution in [0, 0.1) is 0 Å². The van der Waals surface area contributed by atoms with E-state index in [1.807, 2.05) is 91.0 Å². The zero-order valence-electron chi connectivity index (χ0n) is 17.7. The molecular formula is C27H26O4. The molecule has 0 aliphatic rings. The summed E-state index contributed by atoms with van der Waals surface area (Å²) in [5.41, 5.74) is 2.68. The molecule has 0 bridgehead atoms. The molecule has 3 aromatic carbocycles. The zero-order chi connectivity index (χ0) is 22.9. The second-order valence-electron chi connectivity index (χ2n) is 6.90. The van der Waals surface area contributed by atoms with E-state index in [1.165, 1.54) is 14.0 Å². The van der Waals surface area contributed by atoms with Gasteiger partial charge < -0.3 is 9.84 Å². The number of carboxylic acids is 1. The predicted octanol–water partition coefficient (Wildman–Crippen LogP) is 5.40. The van der Waals surface area contributed by atoms with Crippen LogP contribution in [0.2, 0.25) is 0 Å². The molecule has 31 heavy (non-hydrogen) atoms. The lowest BCUT2D eigenvalue weighted by molar-refractivity contribution is -0.136. The lowest BCUT2D eigenvalue weighted by Gasteiger charge is -2.36. The summed E-state index contributed by atoms with van der Waals surface area (Å²) in [6.07, 6.45) is 0. The molecule has 1 N–H and O–H groups in total. The molecule has 4 heteroatoms. The number of methoxy groups -OCH3 is 1. The van der Waals surface area contributed by atoms with Gasteiger partial charge in [0.2, 0.25) is 0 Å². The van der Waals surface area contributed by atoms with Crippen LogP contribution in [-0.2, 0) is 19.7 Å². The molecule has 0 radical (unpaired) electrons. The van der Waals surface area contributed by atoms with Crippen LogP contribution >= 0.6 is 0 Å². The summed E-state index contributed by atoms with van der Waals surface area (Å²) in [7, 11) is 1.39. The van der Waals surface area contributed by atoms with Crippen LogP contribution < -0.4 is 0 Å². The fourth-order valence-electron chi connectivity index (χ4n) is 3.36. The van der Waals surface area contributed by atoms with Crippen molar-refractivity contribution in [2.75, 3.05) is 7.11 Å². The molecule has 158 valence electrons. The molecule has 4 nitrogen and oxygen atoms in total. The highest BCUT2D eigenvalue weighted by molar-refractivity contribution is 5.93. The highest BCUT2D eigenvalue weighted by Gasteiger charge is 2.42. The Morgan fingerprint density at radius 1 is 0.742 bits per heavy atom. The number of rotatable bonds is 6. The van der Waals surface area contributed by atoms with Gasteiger partial charge in [-0.05, 0) is 23.6 Å². The molecule has 3 aromatic rings. The highest BCUT2D eigenvalue weighted by Crippen LogP contribution is 2.44. The van der Waals surface area contributed by atoms with Crippen molar-refractivity contribution < 1.29 is 19.4 Å². The molecule has 0 atom stereocenters. The first-order valence-corrected chi connectivity index (χ1v) is 9.68. The molecular weight excluding hydrogens is 388 g/mol. The van der Waals surface area contributed by atoms with Gasteiger partial charge in [0, 0.05) is 11.1 Å². The molecule has 0 amide bonds. The smallest absolute Gasteiger partial charge is 0.334 e. The SMILES string of the molecule is C=C(C(=O)OC)C(c1ccccc1)(c1ccccc1)c1ccccc1.C=C(C)C(=O)O. The first kappa shape index (κ1) is 23.4. The Balaban J connectivity index is 0.000000501. The number of carbonyl (C=O) groups is 2. The van der Waals surface area contributed by atoms with Gasteiger partial charge in [-0.2, -0.15) is 0 Å². The van der Waals surface area contributed by atoms with Crippen LogP contribution in [-0.4, -0.2) is 24.2 Å². The van der Waals surface area contributed by atoms with E-state index < -0.39 is 17.4 Å². The van der Waals surface area contributed by atoms with Gasteiger partial charge in [-0.15, -0.1) is 0 Å². The van der Waals surface area contributed by atoms with Crippen molar-refractivity contribution in [2.24, 2.45) is 0 Å². The molecule has 0 saturated carbocycles. The van der Waals surface area contributed by atoms with Gasteiger partial charge >= 0.3 is 11.9 Å². The average Bonchev–Trinajstić information content (AvgIpc) is 2.81. The average molecular weight is 415 g/mol. The minimum Gasteiger partial charge on any atom is -0.478 e. The summed E-state index contributed by atoms with van der Waals surface area (Å²) in [6, 6.07) is 29.9. The molecule has 0 aromatic heterocycles. The van der Waals surface area contributed by atoms with Gasteiger partial charge in [0.15, 0.2) is 0 Å². The number of hydrogen-bond acceptors (Lipinski definition) is 3. The highest BCUT2D eigenvalue weighted by atomic mass is 16.5. The Labute approximate surface area is 183 Å². The minimum absolute atomic E-state index is 0.176. The Bertz CT molecular complexity index is 930. The standard InChI is InChI=1S/C23H20O2.C4H6O2/c1-18(22(24)25-2)23(19-12-6-3-7-13-19,20-14-8-4-9-15-20)21-16-10-5-11-17-21;1-3(2)4(5)6/h3-17H,1H2,2H3;1H2,2H3,(H,5,6). The summed E-state index contributed by atoms with van der Waals surface area (Å²) in [6.45, 7) is 8.75. The molecule has 0 unspecified atom stereocenters. The van der Waals surface area contributed by atoms with Gasteiger partial charge in [-0.25, -0.2) is 9.59 Å². The van der Waals surface area contributed by atoms with Gasteiger partial charge in [0.25, 0.3) is 0 Å². The number of benzene rings is 3. The van der Waals surface area contributed by atoms with E-state index in [0.717, 1.165) is 16.7 Å². The van der Waals surface area contributed by atoms with Gasteiger partial charge in [-0.1, -0.05) is 104 Å². The van der Waals surface area contributed by atoms with Crippen molar-refractivity contribution in [2.45, 2.75) is 12.3 Å². The molecule has 0 saturated heterocycles. The predicted molar refractivity (Wildman–Crippen MR) is 123 cm³/mol. The monoisotopic (exact) mass is 414 g/mol. The van der Waals surface area contributed by atoms with E-state index >= 15 is 0 Å². The van der Waals surface area contributed by atoms with Crippen molar-refractivity contribution in [3.8, 4) is 0 Å². The normalized spacial score (nSPS) is 10.3. The first-order valence-electron chi connectivity index (χ1n) is 9.68.